The van der Waals surface area contributed by atoms with Crippen molar-refractivity contribution >= 4 is 5.97 Å². The summed E-state index contributed by atoms with van der Waals surface area (Å²) >= 11 is 0. The Morgan fingerprint density at radius 1 is 1.45 bits per heavy atom. The number of aliphatic carboxylic acids is 1. The first kappa shape index (κ1) is 15.9. The van der Waals surface area contributed by atoms with Gasteiger partial charge in [0.15, 0.2) is 0 Å². The normalized spacial score (nSPS) is 14.4. The van der Waals surface area contributed by atoms with Gasteiger partial charge in [0.1, 0.15) is 11.9 Å². The Bertz CT molecular complexity index is 566. The second-order valence-electron chi connectivity index (χ2n) is 4.21. The molecule has 1 unspecified atom stereocenters. The first-order valence-electron chi connectivity index (χ1n) is 5.35. The average molecular weight is 290 g/mol. The molecule has 1 aromatic carbocycles. The molecule has 0 saturated carbocycles. The Labute approximate surface area is 111 Å². The van der Waals surface area contributed by atoms with Crippen molar-refractivity contribution < 1.29 is 27.5 Å². The molecule has 0 aliphatic rings. The van der Waals surface area contributed by atoms with E-state index in [1.807, 2.05) is 5.32 Å². The molecule has 0 heterocycles. The van der Waals surface area contributed by atoms with Crippen LogP contribution in [0.25, 0.3) is 0 Å². The van der Waals surface area contributed by atoms with Gasteiger partial charge in [-0.1, -0.05) is 6.07 Å². The summed E-state index contributed by atoms with van der Waals surface area (Å²) in [5, 5.41) is 19.2. The molecule has 0 aliphatic heterocycles. The predicted octanol–water partition coefficient (Wildman–Crippen LogP) is 2.19. The van der Waals surface area contributed by atoms with Gasteiger partial charge in [0.05, 0.1) is 5.56 Å². The van der Waals surface area contributed by atoms with E-state index in [9.17, 15) is 22.4 Å². The number of hydrogen-bond acceptors (Lipinski definition) is 3. The third-order valence-electron chi connectivity index (χ3n) is 2.79. The maximum Gasteiger partial charge on any atom is 0.417 e. The molecular weight excluding hydrogens is 280 g/mol. The molecule has 2 N–H and O–H groups in total. The maximum atomic E-state index is 13.0. The minimum atomic E-state index is -5.00. The lowest BCUT2D eigenvalue weighted by Crippen LogP contribution is -2.59. The Balaban J connectivity index is 2.95. The van der Waals surface area contributed by atoms with Gasteiger partial charge >= 0.3 is 12.1 Å². The fourth-order valence-electron chi connectivity index (χ4n) is 1.34. The van der Waals surface area contributed by atoms with E-state index >= 15 is 0 Å². The van der Waals surface area contributed by atoms with Gasteiger partial charge in [-0.05, 0) is 24.6 Å². The number of rotatable bonds is 4. The number of nitrogens with zero attached hydrogens (tertiary/aromatic N) is 1. The molecule has 0 fully saturated rings. The molecule has 0 bridgehead atoms. The Morgan fingerprint density at radius 2 is 2.05 bits per heavy atom. The van der Waals surface area contributed by atoms with Crippen LogP contribution in [0, 0.1) is 17.1 Å². The molecule has 20 heavy (non-hydrogen) atoms. The number of nitrogens with one attached hydrogen (secondary N) is 1. The van der Waals surface area contributed by atoms with Crippen LogP contribution in [0.4, 0.5) is 17.6 Å². The van der Waals surface area contributed by atoms with Crippen molar-refractivity contribution in [2.24, 2.45) is 0 Å². The van der Waals surface area contributed by atoms with Crippen LogP contribution < -0.4 is 5.32 Å². The Kier molecular flexibility index (Phi) is 4.35. The summed E-state index contributed by atoms with van der Waals surface area (Å²) in [6, 6.07) is 4.70. The standard InChI is InChI=1S/C12H10F4N2O2/c1-11(10(19)20,12(14,15)16)18-6-7-2-3-9(13)8(4-7)5-17/h2-4,18H,6H2,1H3,(H,19,20). The van der Waals surface area contributed by atoms with Gasteiger partial charge < -0.3 is 5.11 Å². The summed E-state index contributed by atoms with van der Waals surface area (Å²) in [7, 11) is 0. The summed E-state index contributed by atoms with van der Waals surface area (Å²) in [6.07, 6.45) is -5.00. The molecule has 1 rings (SSSR count). The molecule has 1 aromatic rings. The molecule has 0 amide bonds. The van der Waals surface area contributed by atoms with Gasteiger partial charge in [0, 0.05) is 6.54 Å². The number of carbonyl (C=O) groups is 1. The van der Waals surface area contributed by atoms with Crippen LogP contribution >= 0.6 is 0 Å². The summed E-state index contributed by atoms with van der Waals surface area (Å²) in [5.41, 5.74) is -3.29. The molecule has 108 valence electrons. The number of alkyl halides is 3. The van der Waals surface area contributed by atoms with Crippen molar-refractivity contribution in [1.29, 1.82) is 5.26 Å². The van der Waals surface area contributed by atoms with Crippen LogP contribution in [0.5, 0.6) is 0 Å². The van der Waals surface area contributed by atoms with E-state index in [1.54, 1.807) is 6.07 Å². The number of benzene rings is 1. The lowest BCUT2D eigenvalue weighted by atomic mass is 10.0. The quantitative estimate of drug-likeness (QED) is 0.834. The van der Waals surface area contributed by atoms with E-state index in [2.05, 4.69) is 0 Å². The number of carboxylic acid groups (broad SMARTS) is 1. The molecule has 1 atom stereocenters. The van der Waals surface area contributed by atoms with E-state index in [0.29, 0.717) is 6.92 Å². The molecule has 0 radical (unpaired) electrons. The zero-order valence-corrected chi connectivity index (χ0v) is 10.3. The first-order chi connectivity index (χ1) is 9.11. The van der Waals surface area contributed by atoms with Gasteiger partial charge in [-0.2, -0.15) is 18.4 Å². The third kappa shape index (κ3) is 3.05. The summed E-state index contributed by atoms with van der Waals surface area (Å²) in [4.78, 5) is 10.8. The van der Waals surface area contributed by atoms with Crippen LogP contribution in [0.15, 0.2) is 18.2 Å². The van der Waals surface area contributed by atoms with Crippen LogP contribution in [0.1, 0.15) is 18.1 Å². The zero-order valence-electron chi connectivity index (χ0n) is 10.3. The fourth-order valence-corrected chi connectivity index (χ4v) is 1.34. The van der Waals surface area contributed by atoms with E-state index in [-0.39, 0.29) is 11.1 Å². The highest BCUT2D eigenvalue weighted by atomic mass is 19.4. The maximum absolute atomic E-state index is 13.0. The van der Waals surface area contributed by atoms with Gasteiger partial charge in [-0.3, -0.25) is 5.32 Å². The number of carboxylic acids is 1. The van der Waals surface area contributed by atoms with Gasteiger partial charge in [-0.25, -0.2) is 9.18 Å². The smallest absolute Gasteiger partial charge is 0.417 e. The van der Waals surface area contributed by atoms with Gasteiger partial charge in [0.25, 0.3) is 0 Å². The highest BCUT2D eigenvalue weighted by molar-refractivity contribution is 5.79. The number of halogens is 4. The van der Waals surface area contributed by atoms with Crippen molar-refractivity contribution in [2.75, 3.05) is 0 Å². The summed E-state index contributed by atoms with van der Waals surface area (Å²) < 4.78 is 51.2. The predicted molar refractivity (Wildman–Crippen MR) is 60.1 cm³/mol. The molecule has 0 saturated heterocycles. The monoisotopic (exact) mass is 290 g/mol. The minimum absolute atomic E-state index is 0.166. The topological polar surface area (TPSA) is 73.1 Å². The van der Waals surface area contributed by atoms with Crippen LogP contribution in [-0.2, 0) is 11.3 Å². The van der Waals surface area contributed by atoms with E-state index in [0.717, 1.165) is 12.1 Å². The zero-order chi connectivity index (χ0) is 15.6. The second kappa shape index (κ2) is 5.46. The van der Waals surface area contributed by atoms with Crippen LogP contribution in [-0.4, -0.2) is 22.8 Å². The summed E-state index contributed by atoms with van der Waals surface area (Å²) in [6.45, 7) is 0.0152. The van der Waals surface area contributed by atoms with Crippen LogP contribution in [0.3, 0.4) is 0 Å². The van der Waals surface area contributed by atoms with E-state index in [4.69, 9.17) is 10.4 Å². The molecule has 0 aromatic heterocycles. The van der Waals surface area contributed by atoms with Crippen molar-refractivity contribution in [3.63, 3.8) is 0 Å². The molecular formula is C12H10F4N2O2. The van der Waals surface area contributed by atoms with Gasteiger partial charge in [0.2, 0.25) is 5.54 Å². The first-order valence-corrected chi connectivity index (χ1v) is 5.35. The van der Waals surface area contributed by atoms with Crippen molar-refractivity contribution in [1.82, 2.24) is 5.32 Å². The van der Waals surface area contributed by atoms with Crippen molar-refractivity contribution in [3.05, 3.63) is 35.1 Å². The Hall–Kier alpha value is -2.14. The van der Waals surface area contributed by atoms with E-state index in [1.165, 1.54) is 6.07 Å². The molecule has 0 spiro atoms. The molecule has 0 aliphatic carbocycles. The number of hydrogen-bond donors (Lipinski definition) is 2. The highest BCUT2D eigenvalue weighted by Gasteiger charge is 2.57. The van der Waals surface area contributed by atoms with E-state index < -0.39 is 30.0 Å². The average Bonchev–Trinajstić information content (AvgIpc) is 2.35. The fraction of sp³-hybridized carbons (Fsp3) is 0.333. The van der Waals surface area contributed by atoms with Gasteiger partial charge in [-0.15, -0.1) is 0 Å². The van der Waals surface area contributed by atoms with Crippen LogP contribution in [0.2, 0.25) is 0 Å². The lowest BCUT2D eigenvalue weighted by Gasteiger charge is -2.28. The molecule has 4 nitrogen and oxygen atoms in total. The SMILES string of the molecule is CC(NCc1ccc(F)c(C#N)c1)(C(=O)O)C(F)(F)F. The number of nitriles is 1. The third-order valence-corrected chi connectivity index (χ3v) is 2.79. The minimum Gasteiger partial charge on any atom is -0.480 e. The van der Waals surface area contributed by atoms with Crippen molar-refractivity contribution in [2.45, 2.75) is 25.2 Å². The summed E-state index contributed by atoms with van der Waals surface area (Å²) in [5.74, 6) is -2.87. The van der Waals surface area contributed by atoms with Crippen molar-refractivity contribution in [3.8, 4) is 6.07 Å². The lowest BCUT2D eigenvalue weighted by molar-refractivity contribution is -0.206. The Morgan fingerprint density at radius 3 is 2.50 bits per heavy atom. The largest absolute Gasteiger partial charge is 0.480 e. The molecule has 8 heteroatoms. The highest BCUT2D eigenvalue weighted by Crippen LogP contribution is 2.30. The second-order valence-corrected chi connectivity index (χ2v) is 4.21.